The summed E-state index contributed by atoms with van der Waals surface area (Å²) in [6.45, 7) is 6.85. The van der Waals surface area contributed by atoms with Gasteiger partial charge in [0.2, 0.25) is 0 Å². The third-order valence-electron chi connectivity index (χ3n) is 2.99. The van der Waals surface area contributed by atoms with Crippen LogP contribution in [0.2, 0.25) is 0 Å². The van der Waals surface area contributed by atoms with Crippen LogP contribution in [0, 0.1) is 0 Å². The molecule has 2 heterocycles. The van der Waals surface area contributed by atoms with Crippen LogP contribution in [0.15, 0.2) is 12.3 Å². The predicted octanol–water partition coefficient (Wildman–Crippen LogP) is 1.78. The van der Waals surface area contributed by atoms with Crippen molar-refractivity contribution in [3.63, 3.8) is 0 Å². The Kier molecular flexibility index (Phi) is 2.12. The standard InChI is InChI=1S/C10H17N3/c1-10(2)5-3-7-13(10)8-9-4-6-11-12-9/h4,6H,3,5,7-8H2,1-2H3,(H,11,12). The summed E-state index contributed by atoms with van der Waals surface area (Å²) >= 11 is 0. The molecule has 0 amide bonds. The molecule has 2 rings (SSSR count). The van der Waals surface area contributed by atoms with E-state index < -0.39 is 0 Å². The quantitative estimate of drug-likeness (QED) is 0.750. The molecule has 0 aromatic carbocycles. The van der Waals surface area contributed by atoms with E-state index in [1.165, 1.54) is 25.1 Å². The molecule has 1 aliphatic rings. The first-order valence-electron chi connectivity index (χ1n) is 4.92. The minimum absolute atomic E-state index is 0.366. The molecule has 1 saturated heterocycles. The Labute approximate surface area is 79.1 Å². The Morgan fingerprint density at radius 1 is 1.62 bits per heavy atom. The van der Waals surface area contributed by atoms with Crippen molar-refractivity contribution < 1.29 is 0 Å². The zero-order valence-electron chi connectivity index (χ0n) is 8.38. The Bertz CT molecular complexity index is 264. The van der Waals surface area contributed by atoms with Crippen molar-refractivity contribution in [1.29, 1.82) is 0 Å². The average Bonchev–Trinajstić information content (AvgIpc) is 2.63. The predicted molar refractivity (Wildman–Crippen MR) is 52.3 cm³/mol. The van der Waals surface area contributed by atoms with Crippen LogP contribution in [0.5, 0.6) is 0 Å². The molecule has 0 spiro atoms. The summed E-state index contributed by atoms with van der Waals surface area (Å²) in [5.41, 5.74) is 1.58. The minimum Gasteiger partial charge on any atom is -0.292 e. The molecule has 1 aromatic heterocycles. The van der Waals surface area contributed by atoms with Gasteiger partial charge in [0, 0.05) is 24.0 Å². The van der Waals surface area contributed by atoms with Crippen molar-refractivity contribution in [2.75, 3.05) is 6.54 Å². The molecule has 0 aliphatic carbocycles. The van der Waals surface area contributed by atoms with Crippen molar-refractivity contribution in [2.24, 2.45) is 0 Å². The lowest BCUT2D eigenvalue weighted by Crippen LogP contribution is -2.37. The summed E-state index contributed by atoms with van der Waals surface area (Å²) in [5.74, 6) is 0. The molecule has 1 N–H and O–H groups in total. The molecule has 0 unspecified atom stereocenters. The first-order chi connectivity index (χ1) is 6.18. The Morgan fingerprint density at radius 3 is 3.00 bits per heavy atom. The molecule has 1 aromatic rings. The fourth-order valence-electron chi connectivity index (χ4n) is 2.03. The van der Waals surface area contributed by atoms with Gasteiger partial charge in [-0.25, -0.2) is 0 Å². The van der Waals surface area contributed by atoms with Crippen molar-refractivity contribution in [3.8, 4) is 0 Å². The third-order valence-corrected chi connectivity index (χ3v) is 2.99. The topological polar surface area (TPSA) is 31.9 Å². The molecule has 1 aliphatic heterocycles. The number of hydrogen-bond donors (Lipinski definition) is 1. The highest BCUT2D eigenvalue weighted by Crippen LogP contribution is 2.29. The molecular formula is C10H17N3. The summed E-state index contributed by atoms with van der Waals surface area (Å²) in [5, 5.41) is 6.97. The van der Waals surface area contributed by atoms with E-state index in [1.807, 2.05) is 6.20 Å². The number of likely N-dealkylation sites (tertiary alicyclic amines) is 1. The Balaban J connectivity index is 2.02. The summed E-state index contributed by atoms with van der Waals surface area (Å²) in [6, 6.07) is 2.05. The van der Waals surface area contributed by atoms with Gasteiger partial charge in [-0.15, -0.1) is 0 Å². The van der Waals surface area contributed by atoms with Gasteiger partial charge in [-0.1, -0.05) is 0 Å². The van der Waals surface area contributed by atoms with Gasteiger partial charge in [0.25, 0.3) is 0 Å². The van der Waals surface area contributed by atoms with Gasteiger partial charge in [-0.3, -0.25) is 10.00 Å². The molecular weight excluding hydrogens is 162 g/mol. The first-order valence-corrected chi connectivity index (χ1v) is 4.92. The second-order valence-corrected chi connectivity index (χ2v) is 4.42. The van der Waals surface area contributed by atoms with E-state index in [0.717, 1.165) is 6.54 Å². The Morgan fingerprint density at radius 2 is 2.46 bits per heavy atom. The monoisotopic (exact) mass is 179 g/mol. The average molecular weight is 179 g/mol. The molecule has 0 saturated carbocycles. The van der Waals surface area contributed by atoms with E-state index in [4.69, 9.17) is 0 Å². The zero-order valence-corrected chi connectivity index (χ0v) is 8.38. The van der Waals surface area contributed by atoms with E-state index in [1.54, 1.807) is 0 Å². The van der Waals surface area contributed by atoms with Gasteiger partial charge < -0.3 is 0 Å². The number of rotatable bonds is 2. The van der Waals surface area contributed by atoms with E-state index in [9.17, 15) is 0 Å². The summed E-state index contributed by atoms with van der Waals surface area (Å²) in [7, 11) is 0. The fourth-order valence-corrected chi connectivity index (χ4v) is 2.03. The smallest absolute Gasteiger partial charge is 0.0492 e. The molecule has 0 atom stereocenters. The number of aromatic nitrogens is 2. The van der Waals surface area contributed by atoms with Gasteiger partial charge in [-0.2, -0.15) is 5.10 Å². The number of nitrogens with zero attached hydrogens (tertiary/aromatic N) is 2. The highest BCUT2D eigenvalue weighted by molar-refractivity contribution is 5.00. The molecule has 72 valence electrons. The normalized spacial score (nSPS) is 22.3. The van der Waals surface area contributed by atoms with Gasteiger partial charge in [0.15, 0.2) is 0 Å². The maximum Gasteiger partial charge on any atom is 0.0492 e. The summed E-state index contributed by atoms with van der Waals surface area (Å²) in [4.78, 5) is 2.51. The maximum absolute atomic E-state index is 3.96. The molecule has 0 radical (unpaired) electrons. The van der Waals surface area contributed by atoms with Crippen molar-refractivity contribution in [3.05, 3.63) is 18.0 Å². The zero-order chi connectivity index (χ0) is 9.31. The van der Waals surface area contributed by atoms with Crippen molar-refractivity contribution in [1.82, 2.24) is 15.1 Å². The highest BCUT2D eigenvalue weighted by Gasteiger charge is 2.31. The van der Waals surface area contributed by atoms with Gasteiger partial charge in [0.1, 0.15) is 0 Å². The lowest BCUT2D eigenvalue weighted by atomic mass is 10.0. The van der Waals surface area contributed by atoms with Gasteiger partial charge >= 0.3 is 0 Å². The number of H-pyrrole nitrogens is 1. The molecule has 1 fully saturated rings. The van der Waals surface area contributed by atoms with Crippen LogP contribution < -0.4 is 0 Å². The lowest BCUT2D eigenvalue weighted by molar-refractivity contribution is 0.164. The van der Waals surface area contributed by atoms with Gasteiger partial charge in [-0.05, 0) is 39.3 Å². The largest absolute Gasteiger partial charge is 0.292 e. The molecule has 3 heteroatoms. The van der Waals surface area contributed by atoms with Crippen LogP contribution in [0.1, 0.15) is 32.4 Å². The second-order valence-electron chi connectivity index (χ2n) is 4.42. The summed E-state index contributed by atoms with van der Waals surface area (Å²) in [6.07, 6.45) is 4.45. The van der Waals surface area contributed by atoms with E-state index in [0.29, 0.717) is 5.54 Å². The van der Waals surface area contributed by atoms with Gasteiger partial charge in [0.05, 0.1) is 0 Å². The highest BCUT2D eigenvalue weighted by atomic mass is 15.2. The third kappa shape index (κ3) is 1.75. The first kappa shape index (κ1) is 8.75. The van der Waals surface area contributed by atoms with E-state index in [-0.39, 0.29) is 0 Å². The van der Waals surface area contributed by atoms with Crippen LogP contribution in [0.4, 0.5) is 0 Å². The second kappa shape index (κ2) is 3.14. The fraction of sp³-hybridized carbons (Fsp3) is 0.700. The van der Waals surface area contributed by atoms with E-state index in [2.05, 4.69) is 35.0 Å². The lowest BCUT2D eigenvalue weighted by Gasteiger charge is -2.30. The number of nitrogens with one attached hydrogen (secondary N) is 1. The summed E-state index contributed by atoms with van der Waals surface area (Å²) < 4.78 is 0. The molecule has 13 heavy (non-hydrogen) atoms. The molecule has 3 nitrogen and oxygen atoms in total. The van der Waals surface area contributed by atoms with Crippen LogP contribution in [0.25, 0.3) is 0 Å². The van der Waals surface area contributed by atoms with Crippen LogP contribution >= 0.6 is 0 Å². The number of aromatic amines is 1. The minimum atomic E-state index is 0.366. The van der Waals surface area contributed by atoms with Crippen molar-refractivity contribution >= 4 is 0 Å². The maximum atomic E-state index is 3.96. The molecule has 0 bridgehead atoms. The SMILES string of the molecule is CC1(C)CCCN1Cc1ccn[nH]1. The van der Waals surface area contributed by atoms with Crippen LogP contribution in [-0.2, 0) is 6.54 Å². The van der Waals surface area contributed by atoms with Crippen LogP contribution in [0.3, 0.4) is 0 Å². The van der Waals surface area contributed by atoms with Crippen LogP contribution in [-0.4, -0.2) is 27.2 Å². The van der Waals surface area contributed by atoms with Crippen molar-refractivity contribution in [2.45, 2.75) is 38.8 Å². The number of hydrogen-bond acceptors (Lipinski definition) is 2. The Hall–Kier alpha value is -0.830. The van der Waals surface area contributed by atoms with E-state index >= 15 is 0 Å².